The second-order valence-electron chi connectivity index (χ2n) is 7.02. The Morgan fingerprint density at radius 2 is 1.83 bits per heavy atom. The maximum Gasteiger partial charge on any atom is 0.247 e. The lowest BCUT2D eigenvalue weighted by atomic mass is 9.88. The minimum absolute atomic E-state index is 0.00428. The van der Waals surface area contributed by atoms with Gasteiger partial charge in [-0.1, -0.05) is 39.2 Å². The van der Waals surface area contributed by atoms with Gasteiger partial charge in [0, 0.05) is 11.6 Å². The molecule has 5 heteroatoms. The van der Waals surface area contributed by atoms with E-state index in [-0.39, 0.29) is 29.5 Å². The average molecular weight is 334 g/mol. The summed E-state index contributed by atoms with van der Waals surface area (Å²) in [7, 11) is 0. The molecule has 1 aliphatic carbocycles. The van der Waals surface area contributed by atoms with Crippen LogP contribution in [-0.4, -0.2) is 17.9 Å². The van der Waals surface area contributed by atoms with Crippen molar-refractivity contribution in [2.45, 2.75) is 58.9 Å². The Labute approximate surface area is 143 Å². The Hall–Kier alpha value is -1.91. The highest BCUT2D eigenvalue weighted by atomic mass is 19.1. The van der Waals surface area contributed by atoms with Crippen molar-refractivity contribution in [2.75, 3.05) is 5.32 Å². The molecule has 1 fully saturated rings. The third-order valence-corrected chi connectivity index (χ3v) is 4.66. The highest BCUT2D eigenvalue weighted by molar-refractivity contribution is 5.97. The van der Waals surface area contributed by atoms with Crippen LogP contribution in [0.4, 0.5) is 10.1 Å². The molecular weight excluding hydrogens is 307 g/mol. The number of nitrogens with one attached hydrogen (secondary N) is 2. The van der Waals surface area contributed by atoms with Gasteiger partial charge < -0.3 is 10.6 Å². The quantitative estimate of drug-likeness (QED) is 0.860. The van der Waals surface area contributed by atoms with E-state index < -0.39 is 6.04 Å². The number of benzene rings is 1. The number of carbonyl (C=O) groups is 2. The first-order valence-electron chi connectivity index (χ1n) is 8.76. The summed E-state index contributed by atoms with van der Waals surface area (Å²) < 4.78 is 13.6. The fourth-order valence-corrected chi connectivity index (χ4v) is 3.06. The van der Waals surface area contributed by atoms with Crippen LogP contribution in [0.5, 0.6) is 0 Å². The predicted octanol–water partition coefficient (Wildman–Crippen LogP) is 3.79. The van der Waals surface area contributed by atoms with Gasteiger partial charge in [0.1, 0.15) is 11.9 Å². The van der Waals surface area contributed by atoms with Gasteiger partial charge in [-0.2, -0.15) is 0 Å². The maximum absolute atomic E-state index is 13.6. The standard InChI is InChI=1S/C19H27FN2O2/c1-12(2)17(22-18(23)14-7-5-4-6-8-14)19(24)21-15-10-9-13(3)16(20)11-15/h9-12,14,17H,4-8H2,1-3H3,(H,21,24)(H,22,23). The number of hydrogen-bond donors (Lipinski definition) is 2. The Bertz CT molecular complexity index is 595. The second-order valence-corrected chi connectivity index (χ2v) is 7.02. The summed E-state index contributed by atoms with van der Waals surface area (Å²) >= 11 is 0. The minimum atomic E-state index is -0.621. The maximum atomic E-state index is 13.6. The highest BCUT2D eigenvalue weighted by Crippen LogP contribution is 2.24. The Balaban J connectivity index is 2.01. The van der Waals surface area contributed by atoms with E-state index >= 15 is 0 Å². The molecule has 2 N–H and O–H groups in total. The van der Waals surface area contributed by atoms with Crippen molar-refractivity contribution < 1.29 is 14.0 Å². The molecule has 0 aromatic heterocycles. The monoisotopic (exact) mass is 334 g/mol. The van der Waals surface area contributed by atoms with Crippen molar-refractivity contribution in [1.82, 2.24) is 5.32 Å². The summed E-state index contributed by atoms with van der Waals surface area (Å²) in [5, 5.41) is 5.59. The molecule has 0 saturated heterocycles. The summed E-state index contributed by atoms with van der Waals surface area (Å²) in [5.74, 6) is -0.756. The van der Waals surface area contributed by atoms with Gasteiger partial charge in [0.2, 0.25) is 11.8 Å². The zero-order chi connectivity index (χ0) is 17.7. The molecule has 2 rings (SSSR count). The summed E-state index contributed by atoms with van der Waals surface area (Å²) in [6.45, 7) is 5.45. The number of amides is 2. The van der Waals surface area contributed by atoms with Crippen LogP contribution in [-0.2, 0) is 9.59 Å². The van der Waals surface area contributed by atoms with E-state index in [0.29, 0.717) is 11.3 Å². The zero-order valence-electron chi connectivity index (χ0n) is 14.7. The van der Waals surface area contributed by atoms with Gasteiger partial charge >= 0.3 is 0 Å². The lowest BCUT2D eigenvalue weighted by molar-refractivity contribution is -0.130. The lowest BCUT2D eigenvalue weighted by Crippen LogP contribution is -2.49. The molecule has 24 heavy (non-hydrogen) atoms. The molecule has 0 heterocycles. The van der Waals surface area contributed by atoms with E-state index in [9.17, 15) is 14.0 Å². The zero-order valence-corrected chi connectivity index (χ0v) is 14.7. The SMILES string of the molecule is Cc1ccc(NC(=O)C(NC(=O)C2CCCCC2)C(C)C)cc1F. The van der Waals surface area contributed by atoms with Crippen LogP contribution in [0.3, 0.4) is 0 Å². The third kappa shape index (κ3) is 4.79. The first kappa shape index (κ1) is 18.4. The average Bonchev–Trinajstić information content (AvgIpc) is 2.56. The summed E-state index contributed by atoms with van der Waals surface area (Å²) in [6.07, 6.45) is 5.10. The fourth-order valence-electron chi connectivity index (χ4n) is 3.06. The molecule has 4 nitrogen and oxygen atoms in total. The molecule has 1 aromatic rings. The third-order valence-electron chi connectivity index (χ3n) is 4.66. The Morgan fingerprint density at radius 3 is 2.42 bits per heavy atom. The molecule has 1 aromatic carbocycles. The molecule has 0 aliphatic heterocycles. The summed E-state index contributed by atoms with van der Waals surface area (Å²) in [6, 6.07) is 3.96. The van der Waals surface area contributed by atoms with Crippen molar-refractivity contribution in [2.24, 2.45) is 11.8 Å². The van der Waals surface area contributed by atoms with E-state index in [2.05, 4.69) is 10.6 Å². The molecule has 0 spiro atoms. The number of aryl methyl sites for hydroxylation is 1. The van der Waals surface area contributed by atoms with Gasteiger partial charge in [0.25, 0.3) is 0 Å². The highest BCUT2D eigenvalue weighted by Gasteiger charge is 2.28. The van der Waals surface area contributed by atoms with Crippen molar-refractivity contribution >= 4 is 17.5 Å². The van der Waals surface area contributed by atoms with Gasteiger partial charge in [-0.05, 0) is 43.4 Å². The van der Waals surface area contributed by atoms with E-state index in [1.54, 1.807) is 19.1 Å². The summed E-state index contributed by atoms with van der Waals surface area (Å²) in [5.41, 5.74) is 0.930. The van der Waals surface area contributed by atoms with Crippen molar-refractivity contribution in [3.05, 3.63) is 29.6 Å². The van der Waals surface area contributed by atoms with E-state index in [1.165, 1.54) is 12.5 Å². The topological polar surface area (TPSA) is 58.2 Å². The van der Waals surface area contributed by atoms with E-state index in [0.717, 1.165) is 25.7 Å². The van der Waals surface area contributed by atoms with Crippen LogP contribution in [0.1, 0.15) is 51.5 Å². The Morgan fingerprint density at radius 1 is 1.17 bits per heavy atom. The molecule has 1 atom stereocenters. The Kier molecular flexibility index (Phi) is 6.35. The largest absolute Gasteiger partial charge is 0.344 e. The van der Waals surface area contributed by atoms with Crippen molar-refractivity contribution in [3.8, 4) is 0 Å². The van der Waals surface area contributed by atoms with Crippen molar-refractivity contribution in [1.29, 1.82) is 0 Å². The van der Waals surface area contributed by atoms with Crippen LogP contribution >= 0.6 is 0 Å². The van der Waals surface area contributed by atoms with Crippen LogP contribution in [0, 0.1) is 24.6 Å². The summed E-state index contributed by atoms with van der Waals surface area (Å²) in [4.78, 5) is 24.9. The number of hydrogen-bond acceptors (Lipinski definition) is 2. The predicted molar refractivity (Wildman–Crippen MR) is 93.1 cm³/mol. The number of anilines is 1. The fraction of sp³-hybridized carbons (Fsp3) is 0.579. The van der Waals surface area contributed by atoms with Crippen LogP contribution in [0.15, 0.2) is 18.2 Å². The molecule has 0 radical (unpaired) electrons. The smallest absolute Gasteiger partial charge is 0.247 e. The van der Waals surface area contributed by atoms with E-state index in [1.807, 2.05) is 13.8 Å². The number of halogens is 1. The molecule has 1 unspecified atom stereocenters. The minimum Gasteiger partial charge on any atom is -0.344 e. The molecule has 132 valence electrons. The van der Waals surface area contributed by atoms with Crippen molar-refractivity contribution in [3.63, 3.8) is 0 Å². The van der Waals surface area contributed by atoms with E-state index in [4.69, 9.17) is 0 Å². The first-order valence-corrected chi connectivity index (χ1v) is 8.76. The molecule has 1 aliphatic rings. The van der Waals surface area contributed by atoms with Crippen LogP contribution < -0.4 is 10.6 Å². The van der Waals surface area contributed by atoms with Gasteiger partial charge in [-0.3, -0.25) is 9.59 Å². The molecule has 2 amide bonds. The van der Waals surface area contributed by atoms with Gasteiger partial charge in [0.05, 0.1) is 0 Å². The van der Waals surface area contributed by atoms with Crippen LogP contribution in [0.25, 0.3) is 0 Å². The molecule has 0 bridgehead atoms. The number of rotatable bonds is 5. The number of carbonyl (C=O) groups excluding carboxylic acids is 2. The van der Waals surface area contributed by atoms with Gasteiger partial charge in [-0.25, -0.2) is 4.39 Å². The normalized spacial score (nSPS) is 16.7. The van der Waals surface area contributed by atoms with Crippen LogP contribution in [0.2, 0.25) is 0 Å². The molecular formula is C19H27FN2O2. The first-order chi connectivity index (χ1) is 11.4. The van der Waals surface area contributed by atoms with Gasteiger partial charge in [0.15, 0.2) is 0 Å². The van der Waals surface area contributed by atoms with Gasteiger partial charge in [-0.15, -0.1) is 0 Å². The lowest BCUT2D eigenvalue weighted by Gasteiger charge is -2.26. The second kappa shape index (κ2) is 8.27. The molecule has 1 saturated carbocycles.